The van der Waals surface area contributed by atoms with Crippen molar-refractivity contribution in [2.24, 2.45) is 0 Å². The van der Waals surface area contributed by atoms with Gasteiger partial charge in [-0.25, -0.2) is 8.78 Å². The lowest BCUT2D eigenvalue weighted by molar-refractivity contribution is 0.503. The largest absolute Gasteiger partial charge is 0.469 e. The number of hydrogen-bond acceptors (Lipinski definition) is 2. The van der Waals surface area contributed by atoms with Gasteiger partial charge in [-0.1, -0.05) is 6.07 Å². The molecule has 1 unspecified atom stereocenters. The minimum atomic E-state index is -0.844. The summed E-state index contributed by atoms with van der Waals surface area (Å²) in [6.07, 6.45) is 1.58. The third-order valence-electron chi connectivity index (χ3n) is 2.78. The molecule has 0 saturated carbocycles. The van der Waals surface area contributed by atoms with Gasteiger partial charge in [-0.3, -0.25) is 0 Å². The number of nitrogens with one attached hydrogen (secondary N) is 1. The Bertz CT molecular complexity index is 522. The van der Waals surface area contributed by atoms with Gasteiger partial charge in [0.2, 0.25) is 0 Å². The van der Waals surface area contributed by atoms with Gasteiger partial charge in [-0.15, -0.1) is 0 Å². The quantitative estimate of drug-likeness (QED) is 0.887. The summed E-state index contributed by atoms with van der Waals surface area (Å²) in [6, 6.07) is 5.50. The van der Waals surface area contributed by atoms with Gasteiger partial charge in [0.25, 0.3) is 0 Å². The van der Waals surface area contributed by atoms with Crippen LogP contribution in [0.25, 0.3) is 0 Å². The standard InChI is InChI=1S/C13H13F2NO/c1-8-10(5-6-17-8)13(16-2)9-3-4-11(14)12(15)7-9/h3-7,13,16H,1-2H3. The average molecular weight is 237 g/mol. The molecule has 1 atom stereocenters. The molecule has 90 valence electrons. The maximum Gasteiger partial charge on any atom is 0.159 e. The average Bonchev–Trinajstić information content (AvgIpc) is 2.71. The number of benzene rings is 1. The fourth-order valence-corrected chi connectivity index (χ4v) is 1.89. The van der Waals surface area contributed by atoms with Crippen molar-refractivity contribution in [2.45, 2.75) is 13.0 Å². The molecule has 17 heavy (non-hydrogen) atoms. The molecule has 2 nitrogen and oxygen atoms in total. The van der Waals surface area contributed by atoms with E-state index in [4.69, 9.17) is 4.42 Å². The van der Waals surface area contributed by atoms with Gasteiger partial charge < -0.3 is 9.73 Å². The summed E-state index contributed by atoms with van der Waals surface area (Å²) in [5.74, 6) is -0.925. The van der Waals surface area contributed by atoms with Crippen molar-refractivity contribution in [1.29, 1.82) is 0 Å². The van der Waals surface area contributed by atoms with Crippen molar-refractivity contribution < 1.29 is 13.2 Å². The third-order valence-corrected chi connectivity index (χ3v) is 2.78. The van der Waals surface area contributed by atoms with Crippen molar-refractivity contribution in [3.8, 4) is 0 Å². The Morgan fingerprint density at radius 1 is 1.18 bits per heavy atom. The second-order valence-electron chi connectivity index (χ2n) is 3.83. The highest BCUT2D eigenvalue weighted by Gasteiger charge is 2.17. The molecule has 0 spiro atoms. The second-order valence-corrected chi connectivity index (χ2v) is 3.83. The summed E-state index contributed by atoms with van der Waals surface area (Å²) in [7, 11) is 1.76. The smallest absolute Gasteiger partial charge is 0.159 e. The van der Waals surface area contributed by atoms with E-state index in [0.29, 0.717) is 5.56 Å². The summed E-state index contributed by atoms with van der Waals surface area (Å²) in [4.78, 5) is 0. The number of rotatable bonds is 3. The molecule has 0 aliphatic carbocycles. The van der Waals surface area contributed by atoms with E-state index in [1.165, 1.54) is 6.07 Å². The SMILES string of the molecule is CNC(c1ccc(F)c(F)c1)c1ccoc1C. The van der Waals surface area contributed by atoms with Crippen molar-refractivity contribution in [1.82, 2.24) is 5.32 Å². The van der Waals surface area contributed by atoms with Gasteiger partial charge in [-0.2, -0.15) is 0 Å². The van der Waals surface area contributed by atoms with Gasteiger partial charge in [0.05, 0.1) is 12.3 Å². The number of furan rings is 1. The third kappa shape index (κ3) is 2.22. The molecular weight excluding hydrogens is 224 g/mol. The first-order valence-electron chi connectivity index (χ1n) is 5.29. The summed E-state index contributed by atoms with van der Waals surface area (Å²) in [5.41, 5.74) is 1.58. The van der Waals surface area contributed by atoms with E-state index < -0.39 is 11.6 Å². The molecule has 2 aromatic rings. The zero-order chi connectivity index (χ0) is 12.4. The maximum absolute atomic E-state index is 13.2. The lowest BCUT2D eigenvalue weighted by Crippen LogP contribution is -2.18. The maximum atomic E-state index is 13.2. The van der Waals surface area contributed by atoms with Gasteiger partial charge in [-0.05, 0) is 37.7 Å². The lowest BCUT2D eigenvalue weighted by Gasteiger charge is -2.16. The lowest BCUT2D eigenvalue weighted by atomic mass is 9.99. The summed E-state index contributed by atoms with van der Waals surface area (Å²) in [5, 5.41) is 3.06. The van der Waals surface area contributed by atoms with Crippen LogP contribution in [0.5, 0.6) is 0 Å². The molecule has 1 aromatic carbocycles. The Morgan fingerprint density at radius 2 is 1.94 bits per heavy atom. The van der Waals surface area contributed by atoms with Gasteiger partial charge in [0, 0.05) is 5.56 Å². The molecule has 0 amide bonds. The van der Waals surface area contributed by atoms with Crippen LogP contribution in [-0.4, -0.2) is 7.05 Å². The van der Waals surface area contributed by atoms with E-state index in [9.17, 15) is 8.78 Å². The van der Waals surface area contributed by atoms with Gasteiger partial charge in [0.15, 0.2) is 11.6 Å². The van der Waals surface area contributed by atoms with E-state index in [1.54, 1.807) is 19.4 Å². The predicted molar refractivity (Wildman–Crippen MR) is 60.7 cm³/mol. The minimum absolute atomic E-state index is 0.205. The van der Waals surface area contributed by atoms with E-state index in [2.05, 4.69) is 5.32 Å². The van der Waals surface area contributed by atoms with Crippen LogP contribution >= 0.6 is 0 Å². The summed E-state index contributed by atoms with van der Waals surface area (Å²) < 4.78 is 31.3. The number of halogens is 2. The van der Waals surface area contributed by atoms with Crippen molar-refractivity contribution >= 4 is 0 Å². The van der Waals surface area contributed by atoms with Crippen LogP contribution in [0.3, 0.4) is 0 Å². The molecule has 0 aliphatic rings. The molecule has 1 N–H and O–H groups in total. The Hall–Kier alpha value is -1.68. The van der Waals surface area contributed by atoms with E-state index in [0.717, 1.165) is 17.4 Å². The zero-order valence-corrected chi connectivity index (χ0v) is 9.63. The summed E-state index contributed by atoms with van der Waals surface area (Å²) in [6.45, 7) is 1.83. The summed E-state index contributed by atoms with van der Waals surface area (Å²) >= 11 is 0. The predicted octanol–water partition coefficient (Wildman–Crippen LogP) is 3.18. The first-order chi connectivity index (χ1) is 8.13. The van der Waals surface area contributed by atoms with Crippen LogP contribution in [0, 0.1) is 18.6 Å². The second kappa shape index (κ2) is 4.67. The van der Waals surface area contributed by atoms with Crippen LogP contribution in [0.1, 0.15) is 22.9 Å². The fraction of sp³-hybridized carbons (Fsp3) is 0.231. The first-order valence-corrected chi connectivity index (χ1v) is 5.29. The highest BCUT2D eigenvalue weighted by atomic mass is 19.2. The van der Waals surface area contributed by atoms with Crippen LogP contribution in [0.4, 0.5) is 8.78 Å². The number of hydrogen-bond donors (Lipinski definition) is 1. The van der Waals surface area contributed by atoms with Gasteiger partial charge >= 0.3 is 0 Å². The molecule has 0 radical (unpaired) electrons. The van der Waals surface area contributed by atoms with Crippen molar-refractivity contribution in [3.63, 3.8) is 0 Å². The van der Waals surface area contributed by atoms with E-state index >= 15 is 0 Å². The molecule has 2 rings (SSSR count). The highest BCUT2D eigenvalue weighted by molar-refractivity contribution is 5.33. The number of aryl methyl sites for hydroxylation is 1. The minimum Gasteiger partial charge on any atom is -0.469 e. The molecule has 0 bridgehead atoms. The molecule has 1 heterocycles. The topological polar surface area (TPSA) is 25.2 Å². The Kier molecular flexibility index (Phi) is 3.24. The molecule has 0 aliphatic heterocycles. The van der Waals surface area contributed by atoms with E-state index in [-0.39, 0.29) is 6.04 Å². The highest BCUT2D eigenvalue weighted by Crippen LogP contribution is 2.26. The van der Waals surface area contributed by atoms with E-state index in [1.807, 2.05) is 13.0 Å². The van der Waals surface area contributed by atoms with Crippen molar-refractivity contribution in [3.05, 3.63) is 59.1 Å². The molecule has 0 fully saturated rings. The molecule has 1 aromatic heterocycles. The Balaban J connectivity index is 2.42. The normalized spacial score (nSPS) is 12.7. The van der Waals surface area contributed by atoms with Crippen LogP contribution in [0.15, 0.2) is 34.9 Å². The molecule has 4 heteroatoms. The van der Waals surface area contributed by atoms with Crippen LogP contribution in [0.2, 0.25) is 0 Å². The monoisotopic (exact) mass is 237 g/mol. The van der Waals surface area contributed by atoms with Crippen LogP contribution < -0.4 is 5.32 Å². The van der Waals surface area contributed by atoms with Gasteiger partial charge in [0.1, 0.15) is 5.76 Å². The Labute approximate surface area is 98.3 Å². The molecular formula is C13H13F2NO. The molecule has 0 saturated heterocycles. The Morgan fingerprint density at radius 3 is 2.47 bits per heavy atom. The fourth-order valence-electron chi connectivity index (χ4n) is 1.89. The van der Waals surface area contributed by atoms with Crippen LogP contribution in [-0.2, 0) is 0 Å². The zero-order valence-electron chi connectivity index (χ0n) is 9.63. The van der Waals surface area contributed by atoms with Crippen molar-refractivity contribution in [2.75, 3.05) is 7.05 Å². The first kappa shape index (κ1) is 11.8.